The fraction of sp³-hybridized carbons (Fsp3) is 0.333. The van der Waals surface area contributed by atoms with Crippen LogP contribution in [-0.2, 0) is 4.79 Å². The third kappa shape index (κ3) is 1.91. The summed E-state index contributed by atoms with van der Waals surface area (Å²) in [4.78, 5) is 11.8. The third-order valence-corrected chi connectivity index (χ3v) is 2.29. The van der Waals surface area contributed by atoms with Crippen molar-refractivity contribution in [3.63, 3.8) is 0 Å². The molecule has 0 spiro atoms. The van der Waals surface area contributed by atoms with Gasteiger partial charge in [0.25, 0.3) is 0 Å². The van der Waals surface area contributed by atoms with Crippen LogP contribution in [0.3, 0.4) is 0 Å². The van der Waals surface area contributed by atoms with Gasteiger partial charge in [-0.1, -0.05) is 38.1 Å². The predicted octanol–water partition coefficient (Wildman–Crippen LogP) is 2.81. The van der Waals surface area contributed by atoms with E-state index in [0.29, 0.717) is 11.4 Å². The molecule has 0 aliphatic heterocycles. The molecular formula is C12H14N2O2. The fourth-order valence-corrected chi connectivity index (χ4v) is 1.27. The number of rotatable bonds is 1. The Morgan fingerprint density at radius 1 is 1.31 bits per heavy atom. The standard InChI is InChI=1S/C12H14N2O2/c1-12(2,3)11(15)13-10-8-6-4-5-7-9(8)16-14-10/h4-7H,1-3H3,(H,13,14,15). The molecule has 0 unspecified atom stereocenters. The van der Waals surface area contributed by atoms with Crippen molar-refractivity contribution in [2.24, 2.45) is 5.41 Å². The van der Waals surface area contributed by atoms with Crippen LogP contribution in [0.2, 0.25) is 0 Å². The Bertz CT molecular complexity index is 523. The number of hydrogen-bond donors (Lipinski definition) is 1. The maximum atomic E-state index is 11.8. The first-order chi connectivity index (χ1) is 7.48. The van der Waals surface area contributed by atoms with Crippen LogP contribution in [0.1, 0.15) is 20.8 Å². The molecule has 1 aromatic carbocycles. The molecular weight excluding hydrogens is 204 g/mol. The largest absolute Gasteiger partial charge is 0.354 e. The van der Waals surface area contributed by atoms with E-state index in [1.807, 2.05) is 45.0 Å². The SMILES string of the molecule is CC(C)(C)C(=O)Nc1noc2ccccc12. The number of aromatic nitrogens is 1. The van der Waals surface area contributed by atoms with E-state index in [-0.39, 0.29) is 5.91 Å². The second kappa shape index (κ2) is 3.63. The van der Waals surface area contributed by atoms with Crippen LogP contribution in [0.25, 0.3) is 11.0 Å². The van der Waals surface area contributed by atoms with Gasteiger partial charge in [-0.15, -0.1) is 0 Å². The monoisotopic (exact) mass is 218 g/mol. The number of carbonyl (C=O) groups is 1. The van der Waals surface area contributed by atoms with Crippen LogP contribution < -0.4 is 5.32 Å². The van der Waals surface area contributed by atoms with E-state index < -0.39 is 5.41 Å². The summed E-state index contributed by atoms with van der Waals surface area (Å²) in [7, 11) is 0. The van der Waals surface area contributed by atoms with Crippen LogP contribution in [0, 0.1) is 5.41 Å². The number of nitrogens with one attached hydrogen (secondary N) is 1. The molecule has 0 aliphatic carbocycles. The molecule has 0 aliphatic rings. The predicted molar refractivity (Wildman–Crippen MR) is 62.1 cm³/mol. The molecule has 2 aromatic rings. The Kier molecular flexibility index (Phi) is 2.42. The van der Waals surface area contributed by atoms with Gasteiger partial charge in [0.2, 0.25) is 5.91 Å². The summed E-state index contributed by atoms with van der Waals surface area (Å²) >= 11 is 0. The quantitative estimate of drug-likeness (QED) is 0.800. The van der Waals surface area contributed by atoms with E-state index >= 15 is 0 Å². The summed E-state index contributed by atoms with van der Waals surface area (Å²) in [6.45, 7) is 5.56. The number of nitrogens with zero attached hydrogens (tertiary/aromatic N) is 1. The van der Waals surface area contributed by atoms with Crippen LogP contribution in [0.4, 0.5) is 5.82 Å². The van der Waals surface area contributed by atoms with Crippen LogP contribution >= 0.6 is 0 Å². The minimum absolute atomic E-state index is 0.0773. The lowest BCUT2D eigenvalue weighted by atomic mass is 9.96. The highest BCUT2D eigenvalue weighted by Gasteiger charge is 2.23. The molecule has 4 heteroatoms. The van der Waals surface area contributed by atoms with Gasteiger partial charge in [0, 0.05) is 5.41 Å². The first-order valence-corrected chi connectivity index (χ1v) is 5.14. The van der Waals surface area contributed by atoms with Crippen LogP contribution in [0.15, 0.2) is 28.8 Å². The van der Waals surface area contributed by atoms with Crippen molar-refractivity contribution in [1.82, 2.24) is 5.16 Å². The first kappa shape index (κ1) is 10.7. The van der Waals surface area contributed by atoms with E-state index in [4.69, 9.17) is 4.52 Å². The molecule has 4 nitrogen and oxygen atoms in total. The topological polar surface area (TPSA) is 55.1 Å². The molecule has 2 rings (SSSR count). The van der Waals surface area contributed by atoms with Crippen molar-refractivity contribution in [3.05, 3.63) is 24.3 Å². The summed E-state index contributed by atoms with van der Waals surface area (Å²) in [5, 5.41) is 7.42. The van der Waals surface area contributed by atoms with Gasteiger partial charge in [-0.25, -0.2) is 0 Å². The van der Waals surface area contributed by atoms with E-state index in [2.05, 4.69) is 10.5 Å². The second-order valence-electron chi connectivity index (χ2n) is 4.73. The van der Waals surface area contributed by atoms with Gasteiger partial charge < -0.3 is 9.84 Å². The minimum atomic E-state index is -0.444. The number of benzene rings is 1. The van der Waals surface area contributed by atoms with Gasteiger partial charge in [-0.3, -0.25) is 4.79 Å². The Morgan fingerprint density at radius 2 is 2.00 bits per heavy atom. The summed E-state index contributed by atoms with van der Waals surface area (Å²) in [6, 6.07) is 7.42. The molecule has 1 amide bonds. The average Bonchev–Trinajstić information content (AvgIpc) is 2.61. The highest BCUT2D eigenvalue weighted by molar-refractivity contribution is 6.00. The molecule has 0 bridgehead atoms. The Hall–Kier alpha value is -1.84. The van der Waals surface area contributed by atoms with Gasteiger partial charge in [0.05, 0.1) is 5.39 Å². The summed E-state index contributed by atoms with van der Waals surface area (Å²) < 4.78 is 5.10. The number of anilines is 1. The Morgan fingerprint density at radius 3 is 2.69 bits per heavy atom. The van der Waals surface area contributed by atoms with Crippen LogP contribution in [-0.4, -0.2) is 11.1 Å². The number of hydrogen-bond acceptors (Lipinski definition) is 3. The van der Waals surface area contributed by atoms with Crippen molar-refractivity contribution in [2.75, 3.05) is 5.32 Å². The molecule has 0 saturated carbocycles. The highest BCUT2D eigenvalue weighted by Crippen LogP contribution is 2.24. The van der Waals surface area contributed by atoms with E-state index in [9.17, 15) is 4.79 Å². The molecule has 84 valence electrons. The summed E-state index contributed by atoms with van der Waals surface area (Å²) in [5.41, 5.74) is 0.228. The van der Waals surface area contributed by atoms with Gasteiger partial charge >= 0.3 is 0 Å². The number of fused-ring (bicyclic) bond motifs is 1. The lowest BCUT2D eigenvalue weighted by Gasteiger charge is -2.16. The molecule has 1 N–H and O–H groups in total. The maximum absolute atomic E-state index is 11.8. The Labute approximate surface area is 93.6 Å². The number of amides is 1. The van der Waals surface area contributed by atoms with Gasteiger partial charge in [-0.05, 0) is 12.1 Å². The minimum Gasteiger partial charge on any atom is -0.354 e. The van der Waals surface area contributed by atoms with Gasteiger partial charge in [0.1, 0.15) is 0 Å². The summed E-state index contributed by atoms with van der Waals surface area (Å²) in [6.07, 6.45) is 0. The molecule has 1 heterocycles. The lowest BCUT2D eigenvalue weighted by Crippen LogP contribution is -2.27. The zero-order valence-corrected chi connectivity index (χ0v) is 9.57. The first-order valence-electron chi connectivity index (χ1n) is 5.14. The van der Waals surface area contributed by atoms with E-state index in [0.717, 1.165) is 5.39 Å². The fourth-order valence-electron chi connectivity index (χ4n) is 1.27. The van der Waals surface area contributed by atoms with Crippen molar-refractivity contribution < 1.29 is 9.32 Å². The van der Waals surface area contributed by atoms with Crippen LogP contribution in [0.5, 0.6) is 0 Å². The van der Waals surface area contributed by atoms with Crippen molar-refractivity contribution in [2.45, 2.75) is 20.8 Å². The van der Waals surface area contributed by atoms with E-state index in [1.165, 1.54) is 0 Å². The molecule has 0 radical (unpaired) electrons. The molecule has 0 fully saturated rings. The molecule has 0 atom stereocenters. The zero-order valence-electron chi connectivity index (χ0n) is 9.57. The van der Waals surface area contributed by atoms with Gasteiger partial charge in [-0.2, -0.15) is 0 Å². The van der Waals surface area contributed by atoms with Crippen molar-refractivity contribution in [1.29, 1.82) is 0 Å². The highest BCUT2D eigenvalue weighted by atomic mass is 16.5. The lowest BCUT2D eigenvalue weighted by molar-refractivity contribution is -0.123. The van der Waals surface area contributed by atoms with Gasteiger partial charge in [0.15, 0.2) is 11.4 Å². The second-order valence-corrected chi connectivity index (χ2v) is 4.73. The number of para-hydroxylation sites is 1. The van der Waals surface area contributed by atoms with Crippen molar-refractivity contribution in [3.8, 4) is 0 Å². The average molecular weight is 218 g/mol. The van der Waals surface area contributed by atoms with E-state index in [1.54, 1.807) is 0 Å². The smallest absolute Gasteiger partial charge is 0.231 e. The number of carbonyl (C=O) groups excluding carboxylic acids is 1. The Balaban J connectivity index is 2.32. The zero-order chi connectivity index (χ0) is 11.8. The molecule has 1 aromatic heterocycles. The van der Waals surface area contributed by atoms with Crippen molar-refractivity contribution >= 4 is 22.7 Å². The normalized spacial score (nSPS) is 11.7. The molecule has 0 saturated heterocycles. The molecule has 16 heavy (non-hydrogen) atoms. The third-order valence-electron chi connectivity index (χ3n) is 2.29. The summed E-state index contributed by atoms with van der Waals surface area (Å²) in [5.74, 6) is 0.405. The maximum Gasteiger partial charge on any atom is 0.231 e.